The molecule has 1 aliphatic rings. The van der Waals surface area contributed by atoms with Crippen molar-refractivity contribution < 1.29 is 14.2 Å². The summed E-state index contributed by atoms with van der Waals surface area (Å²) in [6, 6.07) is 4.46. The van der Waals surface area contributed by atoms with Crippen LogP contribution in [0.2, 0.25) is 0 Å². The molecule has 0 atom stereocenters. The van der Waals surface area contributed by atoms with Crippen LogP contribution in [-0.2, 0) is 16.0 Å². The molecule has 0 radical (unpaired) electrons. The van der Waals surface area contributed by atoms with Crippen molar-refractivity contribution in [1.29, 1.82) is 0 Å². The first-order chi connectivity index (χ1) is 9.38. The van der Waals surface area contributed by atoms with Crippen LogP contribution >= 0.6 is 0 Å². The maximum atomic E-state index is 5.42. The predicted octanol–water partition coefficient (Wildman–Crippen LogP) is 0.770. The van der Waals surface area contributed by atoms with Crippen molar-refractivity contribution in [1.82, 2.24) is 15.5 Å². The Hall–Kier alpha value is -1.24. The highest BCUT2D eigenvalue weighted by Crippen LogP contribution is 2.19. The van der Waals surface area contributed by atoms with E-state index in [4.69, 9.17) is 14.2 Å². The van der Waals surface area contributed by atoms with Crippen LogP contribution in [-0.4, -0.2) is 49.8 Å². The summed E-state index contributed by atoms with van der Waals surface area (Å²) >= 11 is 0. The highest BCUT2D eigenvalue weighted by Gasteiger charge is 2.20. The van der Waals surface area contributed by atoms with Gasteiger partial charge in [-0.1, -0.05) is 0 Å². The first-order valence-electron chi connectivity index (χ1n) is 6.64. The molecule has 1 N–H and O–H groups in total. The third kappa shape index (κ3) is 5.96. The predicted molar refractivity (Wildman–Crippen MR) is 70.1 cm³/mol. The molecule has 0 spiro atoms. The molecule has 19 heavy (non-hydrogen) atoms. The normalized spacial score (nSPS) is 14.6. The van der Waals surface area contributed by atoms with Crippen molar-refractivity contribution in [3.8, 4) is 5.88 Å². The molecule has 0 aliphatic heterocycles. The number of hydrogen-bond donors (Lipinski definition) is 1. The molecule has 2 rings (SSSR count). The fourth-order valence-electron chi connectivity index (χ4n) is 1.50. The van der Waals surface area contributed by atoms with E-state index in [-0.39, 0.29) is 0 Å². The molecule has 6 nitrogen and oxygen atoms in total. The van der Waals surface area contributed by atoms with E-state index in [1.807, 2.05) is 12.1 Å². The van der Waals surface area contributed by atoms with Crippen LogP contribution < -0.4 is 10.1 Å². The zero-order chi connectivity index (χ0) is 13.3. The van der Waals surface area contributed by atoms with E-state index in [0.717, 1.165) is 12.2 Å². The Balaban J connectivity index is 1.58. The summed E-state index contributed by atoms with van der Waals surface area (Å²) in [6.07, 6.45) is 2.55. The minimum atomic E-state index is 0.470. The van der Waals surface area contributed by atoms with Crippen molar-refractivity contribution in [2.75, 3.05) is 33.5 Å². The number of methoxy groups -OCH3 is 1. The fourth-order valence-corrected chi connectivity index (χ4v) is 1.50. The molecule has 0 amide bonds. The van der Waals surface area contributed by atoms with Crippen LogP contribution in [0, 0.1) is 0 Å². The standard InChI is InChI=1S/C13H21N3O3/c1-17-6-7-18-8-9-19-13-5-4-12(15-16-13)10-14-11-2-3-11/h4-5,11,14H,2-3,6-10H2,1H3. The van der Waals surface area contributed by atoms with E-state index in [2.05, 4.69) is 15.5 Å². The monoisotopic (exact) mass is 267 g/mol. The molecular weight excluding hydrogens is 246 g/mol. The van der Waals surface area contributed by atoms with Crippen molar-refractivity contribution in [2.24, 2.45) is 0 Å². The summed E-state index contributed by atoms with van der Waals surface area (Å²) < 4.78 is 15.6. The van der Waals surface area contributed by atoms with Gasteiger partial charge in [0.15, 0.2) is 0 Å². The highest BCUT2D eigenvalue weighted by molar-refractivity contribution is 5.11. The lowest BCUT2D eigenvalue weighted by Gasteiger charge is -2.06. The summed E-state index contributed by atoms with van der Waals surface area (Å²) in [5.41, 5.74) is 0.940. The van der Waals surface area contributed by atoms with Gasteiger partial charge >= 0.3 is 0 Å². The molecule has 1 aromatic heterocycles. The van der Waals surface area contributed by atoms with Crippen LogP contribution in [0.1, 0.15) is 18.5 Å². The van der Waals surface area contributed by atoms with Gasteiger partial charge in [0, 0.05) is 25.8 Å². The summed E-state index contributed by atoms with van der Waals surface area (Å²) in [7, 11) is 1.65. The first kappa shape index (κ1) is 14.2. The van der Waals surface area contributed by atoms with E-state index in [1.165, 1.54) is 12.8 Å². The van der Waals surface area contributed by atoms with Crippen molar-refractivity contribution in [3.63, 3.8) is 0 Å². The number of aromatic nitrogens is 2. The molecular formula is C13H21N3O3. The second kappa shape index (κ2) is 8.04. The zero-order valence-corrected chi connectivity index (χ0v) is 11.3. The van der Waals surface area contributed by atoms with Crippen LogP contribution in [0.15, 0.2) is 12.1 Å². The van der Waals surface area contributed by atoms with Gasteiger partial charge in [-0.15, -0.1) is 5.10 Å². The number of nitrogens with zero attached hydrogens (tertiary/aromatic N) is 2. The van der Waals surface area contributed by atoms with E-state index in [9.17, 15) is 0 Å². The van der Waals surface area contributed by atoms with E-state index in [1.54, 1.807) is 7.11 Å². The Morgan fingerprint density at radius 2 is 2.00 bits per heavy atom. The Morgan fingerprint density at radius 1 is 1.16 bits per heavy atom. The van der Waals surface area contributed by atoms with Crippen molar-refractivity contribution in [3.05, 3.63) is 17.8 Å². The fraction of sp³-hybridized carbons (Fsp3) is 0.692. The second-order valence-electron chi connectivity index (χ2n) is 4.47. The maximum Gasteiger partial charge on any atom is 0.233 e. The lowest BCUT2D eigenvalue weighted by molar-refractivity contribution is 0.0535. The smallest absolute Gasteiger partial charge is 0.233 e. The minimum absolute atomic E-state index is 0.470. The molecule has 1 saturated carbocycles. The number of rotatable bonds is 10. The summed E-state index contributed by atoms with van der Waals surface area (Å²) in [4.78, 5) is 0. The summed E-state index contributed by atoms with van der Waals surface area (Å²) in [6.45, 7) is 2.95. The van der Waals surface area contributed by atoms with Gasteiger partial charge in [-0.25, -0.2) is 0 Å². The average Bonchev–Trinajstić information content (AvgIpc) is 3.26. The Labute approximate surface area is 113 Å². The number of ether oxygens (including phenoxy) is 3. The molecule has 0 bridgehead atoms. The van der Waals surface area contributed by atoms with Crippen molar-refractivity contribution >= 4 is 0 Å². The molecule has 0 aromatic carbocycles. The van der Waals surface area contributed by atoms with Gasteiger partial charge in [0.2, 0.25) is 5.88 Å². The Morgan fingerprint density at radius 3 is 2.68 bits per heavy atom. The van der Waals surface area contributed by atoms with Gasteiger partial charge in [-0.05, 0) is 18.9 Å². The van der Waals surface area contributed by atoms with Crippen LogP contribution in [0.5, 0.6) is 5.88 Å². The van der Waals surface area contributed by atoms with E-state index in [0.29, 0.717) is 38.3 Å². The largest absolute Gasteiger partial charge is 0.474 e. The zero-order valence-electron chi connectivity index (χ0n) is 11.3. The van der Waals surface area contributed by atoms with Gasteiger partial charge in [-0.2, -0.15) is 5.10 Å². The molecule has 0 saturated heterocycles. The summed E-state index contributed by atoms with van der Waals surface area (Å²) in [5, 5.41) is 11.5. The molecule has 1 aromatic rings. The lowest BCUT2D eigenvalue weighted by Crippen LogP contribution is -2.16. The minimum Gasteiger partial charge on any atom is -0.474 e. The highest BCUT2D eigenvalue weighted by atomic mass is 16.5. The van der Waals surface area contributed by atoms with E-state index < -0.39 is 0 Å². The molecule has 106 valence electrons. The quantitative estimate of drug-likeness (QED) is 0.632. The van der Waals surface area contributed by atoms with Gasteiger partial charge in [-0.3, -0.25) is 0 Å². The lowest BCUT2D eigenvalue weighted by atomic mass is 10.4. The number of nitrogens with one attached hydrogen (secondary N) is 1. The third-order valence-corrected chi connectivity index (χ3v) is 2.75. The Kier molecular flexibility index (Phi) is 6.00. The second-order valence-corrected chi connectivity index (χ2v) is 4.47. The van der Waals surface area contributed by atoms with Crippen LogP contribution in [0.3, 0.4) is 0 Å². The van der Waals surface area contributed by atoms with Crippen LogP contribution in [0.4, 0.5) is 0 Å². The van der Waals surface area contributed by atoms with Gasteiger partial charge < -0.3 is 19.5 Å². The molecule has 1 heterocycles. The molecule has 6 heteroatoms. The molecule has 1 aliphatic carbocycles. The average molecular weight is 267 g/mol. The maximum absolute atomic E-state index is 5.42. The summed E-state index contributed by atoms with van der Waals surface area (Å²) in [5.74, 6) is 0.533. The SMILES string of the molecule is COCCOCCOc1ccc(CNC2CC2)nn1. The van der Waals surface area contributed by atoms with Gasteiger partial charge in [0.25, 0.3) is 0 Å². The Bertz CT molecular complexity index is 355. The van der Waals surface area contributed by atoms with E-state index >= 15 is 0 Å². The first-order valence-corrected chi connectivity index (χ1v) is 6.64. The van der Waals surface area contributed by atoms with Crippen LogP contribution in [0.25, 0.3) is 0 Å². The topological polar surface area (TPSA) is 65.5 Å². The number of hydrogen-bond acceptors (Lipinski definition) is 6. The van der Waals surface area contributed by atoms with Gasteiger partial charge in [0.05, 0.1) is 25.5 Å². The molecule has 1 fully saturated rings. The van der Waals surface area contributed by atoms with Gasteiger partial charge in [0.1, 0.15) is 6.61 Å². The third-order valence-electron chi connectivity index (χ3n) is 2.75. The molecule has 0 unspecified atom stereocenters. The van der Waals surface area contributed by atoms with Crippen molar-refractivity contribution in [2.45, 2.75) is 25.4 Å².